The Morgan fingerprint density at radius 1 is 1.15 bits per heavy atom. The quantitative estimate of drug-likeness (QED) is 0.884. The average molecular weight is 385 g/mol. The first-order valence-electron chi connectivity index (χ1n) is 9.35. The van der Waals surface area contributed by atoms with Crippen molar-refractivity contribution in [3.8, 4) is 0 Å². The Kier molecular flexibility index (Phi) is 4.46. The predicted octanol–water partition coefficient (Wildman–Crippen LogP) is 3.20. The van der Waals surface area contributed by atoms with E-state index in [1.165, 1.54) is 21.7 Å². The van der Waals surface area contributed by atoms with Gasteiger partial charge in [-0.1, -0.05) is 24.3 Å². The van der Waals surface area contributed by atoms with Crippen LogP contribution in [0.15, 0.2) is 42.5 Å². The number of hydrogen-bond acceptors (Lipinski definition) is 3. The number of fused-ring (bicyclic) bond motifs is 2. The maximum atomic E-state index is 12.8. The minimum atomic E-state index is -3.32. The first-order chi connectivity index (χ1) is 12.8. The van der Waals surface area contributed by atoms with Gasteiger partial charge in [0.05, 0.1) is 18.0 Å². The zero-order valence-corrected chi connectivity index (χ0v) is 16.4. The molecule has 4 rings (SSSR count). The molecule has 1 heterocycles. The van der Waals surface area contributed by atoms with E-state index in [2.05, 4.69) is 17.4 Å². The molecule has 2 aromatic carbocycles. The van der Waals surface area contributed by atoms with Gasteiger partial charge in [-0.05, 0) is 67.5 Å². The summed E-state index contributed by atoms with van der Waals surface area (Å²) in [4.78, 5) is 12.8. The molecule has 0 radical (unpaired) electrons. The van der Waals surface area contributed by atoms with Gasteiger partial charge in [0.15, 0.2) is 0 Å². The molecule has 0 spiro atoms. The highest BCUT2D eigenvalue weighted by Crippen LogP contribution is 2.35. The summed E-state index contributed by atoms with van der Waals surface area (Å²) in [5, 5.41) is 3.16. The molecule has 1 aliphatic heterocycles. The minimum Gasteiger partial charge on any atom is -0.345 e. The number of carbonyl (C=O) groups is 1. The Labute approximate surface area is 160 Å². The molecular formula is C21H24N2O3S. The van der Waals surface area contributed by atoms with Crippen LogP contribution in [0.5, 0.6) is 0 Å². The van der Waals surface area contributed by atoms with Gasteiger partial charge in [-0.25, -0.2) is 8.42 Å². The molecule has 2 atom stereocenters. The van der Waals surface area contributed by atoms with Crippen molar-refractivity contribution >= 4 is 21.6 Å². The van der Waals surface area contributed by atoms with Crippen molar-refractivity contribution in [3.63, 3.8) is 0 Å². The fourth-order valence-electron chi connectivity index (χ4n) is 4.39. The first kappa shape index (κ1) is 18.0. The van der Waals surface area contributed by atoms with E-state index in [1.807, 2.05) is 25.1 Å². The molecule has 27 heavy (non-hydrogen) atoms. The number of nitrogens with zero attached hydrogens (tertiary/aromatic N) is 1. The molecule has 2 aromatic rings. The largest absolute Gasteiger partial charge is 0.345 e. The topological polar surface area (TPSA) is 66.5 Å². The van der Waals surface area contributed by atoms with E-state index in [9.17, 15) is 13.2 Å². The SMILES string of the molecule is C[C@@H]1Cc2cc(C(=O)N[C@@H]3CCCc4ccccc43)ccc2N1S(C)(=O)=O. The van der Waals surface area contributed by atoms with Crippen molar-refractivity contribution in [1.82, 2.24) is 5.32 Å². The number of nitrogens with one attached hydrogen (secondary N) is 1. The normalized spacial score (nSPS) is 21.5. The van der Waals surface area contributed by atoms with Crippen molar-refractivity contribution in [2.75, 3.05) is 10.6 Å². The Bertz CT molecular complexity index is 1000. The van der Waals surface area contributed by atoms with Crippen LogP contribution in [0.25, 0.3) is 0 Å². The lowest BCUT2D eigenvalue weighted by Gasteiger charge is -2.26. The molecule has 1 N–H and O–H groups in total. The zero-order chi connectivity index (χ0) is 19.2. The highest BCUT2D eigenvalue weighted by atomic mass is 32.2. The van der Waals surface area contributed by atoms with Gasteiger partial charge in [0.1, 0.15) is 0 Å². The van der Waals surface area contributed by atoms with E-state index in [4.69, 9.17) is 0 Å². The van der Waals surface area contributed by atoms with Gasteiger partial charge in [0, 0.05) is 11.6 Å². The Morgan fingerprint density at radius 3 is 2.70 bits per heavy atom. The maximum absolute atomic E-state index is 12.8. The van der Waals surface area contributed by atoms with Crippen LogP contribution in [0, 0.1) is 0 Å². The van der Waals surface area contributed by atoms with Crippen molar-refractivity contribution in [3.05, 3.63) is 64.7 Å². The number of aryl methyl sites for hydroxylation is 1. The number of carbonyl (C=O) groups excluding carboxylic acids is 1. The fourth-order valence-corrected chi connectivity index (χ4v) is 5.66. The molecule has 5 nitrogen and oxygen atoms in total. The summed E-state index contributed by atoms with van der Waals surface area (Å²) in [5.74, 6) is -0.107. The summed E-state index contributed by atoms with van der Waals surface area (Å²) in [5.41, 5.74) is 4.68. The first-order valence-corrected chi connectivity index (χ1v) is 11.2. The molecule has 142 valence electrons. The van der Waals surface area contributed by atoms with E-state index in [-0.39, 0.29) is 18.0 Å². The third-order valence-electron chi connectivity index (χ3n) is 5.53. The fraction of sp³-hybridized carbons (Fsp3) is 0.381. The number of amides is 1. The summed E-state index contributed by atoms with van der Waals surface area (Å²) in [6.07, 6.45) is 4.90. The van der Waals surface area contributed by atoms with Crippen LogP contribution in [0.3, 0.4) is 0 Å². The minimum absolute atomic E-state index is 0.0298. The molecule has 0 saturated carbocycles. The lowest BCUT2D eigenvalue weighted by molar-refractivity contribution is 0.0932. The third kappa shape index (κ3) is 3.34. The summed E-state index contributed by atoms with van der Waals surface area (Å²) in [6, 6.07) is 13.5. The molecule has 0 saturated heterocycles. The lowest BCUT2D eigenvalue weighted by atomic mass is 9.87. The predicted molar refractivity (Wildman–Crippen MR) is 107 cm³/mol. The number of hydrogen-bond donors (Lipinski definition) is 1. The molecule has 1 aliphatic carbocycles. The summed E-state index contributed by atoms with van der Waals surface area (Å²) >= 11 is 0. The van der Waals surface area contributed by atoms with E-state index in [0.29, 0.717) is 17.7 Å². The zero-order valence-electron chi connectivity index (χ0n) is 15.6. The van der Waals surface area contributed by atoms with Crippen molar-refractivity contribution in [2.24, 2.45) is 0 Å². The van der Waals surface area contributed by atoms with E-state index < -0.39 is 10.0 Å². The van der Waals surface area contributed by atoms with E-state index >= 15 is 0 Å². The second-order valence-corrected chi connectivity index (χ2v) is 9.43. The highest BCUT2D eigenvalue weighted by molar-refractivity contribution is 7.92. The molecule has 1 amide bonds. The van der Waals surface area contributed by atoms with Gasteiger partial charge in [-0.15, -0.1) is 0 Å². The Hall–Kier alpha value is -2.34. The molecule has 0 unspecified atom stereocenters. The van der Waals surface area contributed by atoms with Crippen LogP contribution in [-0.2, 0) is 22.9 Å². The van der Waals surface area contributed by atoms with Gasteiger partial charge in [0.25, 0.3) is 5.91 Å². The average Bonchev–Trinajstić information content (AvgIpc) is 2.97. The third-order valence-corrected chi connectivity index (χ3v) is 6.80. The lowest BCUT2D eigenvalue weighted by Crippen LogP contribution is -2.34. The van der Waals surface area contributed by atoms with Crippen LogP contribution in [0.4, 0.5) is 5.69 Å². The molecule has 0 aromatic heterocycles. The van der Waals surface area contributed by atoms with Gasteiger partial charge in [-0.3, -0.25) is 9.10 Å². The van der Waals surface area contributed by atoms with Gasteiger partial charge in [0.2, 0.25) is 10.0 Å². The summed E-state index contributed by atoms with van der Waals surface area (Å²) in [7, 11) is -3.32. The van der Waals surface area contributed by atoms with E-state index in [1.54, 1.807) is 12.1 Å². The standard InChI is InChI=1S/C21H24N2O3S/c1-14-12-17-13-16(10-11-20(17)23(14)27(2,25)26)21(24)22-19-9-5-7-15-6-3-4-8-18(15)19/h3-4,6,8,10-11,13-14,19H,5,7,9,12H2,1-2H3,(H,22,24)/t14-,19-/m1/s1. The van der Waals surface area contributed by atoms with Crippen LogP contribution < -0.4 is 9.62 Å². The van der Waals surface area contributed by atoms with E-state index in [0.717, 1.165) is 24.8 Å². The monoisotopic (exact) mass is 384 g/mol. The number of benzene rings is 2. The second kappa shape index (κ2) is 6.68. The second-order valence-electron chi connectivity index (χ2n) is 7.57. The van der Waals surface area contributed by atoms with Crippen LogP contribution in [0.1, 0.15) is 52.9 Å². The molecule has 2 aliphatic rings. The Balaban J connectivity index is 1.58. The summed E-state index contributed by atoms with van der Waals surface area (Å²) < 4.78 is 25.5. The summed E-state index contributed by atoms with van der Waals surface area (Å²) in [6.45, 7) is 1.89. The molecule has 0 bridgehead atoms. The van der Waals surface area contributed by atoms with Crippen LogP contribution in [0.2, 0.25) is 0 Å². The molecular weight excluding hydrogens is 360 g/mol. The van der Waals surface area contributed by atoms with Gasteiger partial charge in [-0.2, -0.15) is 0 Å². The smallest absolute Gasteiger partial charge is 0.251 e. The van der Waals surface area contributed by atoms with Crippen molar-refractivity contribution < 1.29 is 13.2 Å². The van der Waals surface area contributed by atoms with Crippen molar-refractivity contribution in [2.45, 2.75) is 44.7 Å². The van der Waals surface area contributed by atoms with Gasteiger partial charge >= 0.3 is 0 Å². The maximum Gasteiger partial charge on any atom is 0.251 e. The number of rotatable bonds is 3. The van der Waals surface area contributed by atoms with Crippen LogP contribution in [-0.4, -0.2) is 26.6 Å². The molecule has 0 fully saturated rings. The Morgan fingerprint density at radius 2 is 1.93 bits per heavy atom. The number of sulfonamides is 1. The number of anilines is 1. The molecule has 6 heteroatoms. The van der Waals surface area contributed by atoms with Gasteiger partial charge < -0.3 is 5.32 Å². The van der Waals surface area contributed by atoms with Crippen LogP contribution >= 0.6 is 0 Å². The van der Waals surface area contributed by atoms with Crippen molar-refractivity contribution in [1.29, 1.82) is 0 Å². The highest BCUT2D eigenvalue weighted by Gasteiger charge is 2.33.